The van der Waals surface area contributed by atoms with Crippen molar-refractivity contribution in [2.24, 2.45) is 5.73 Å². The highest BCUT2D eigenvalue weighted by Crippen LogP contribution is 2.42. The Kier molecular flexibility index (Phi) is 5.21. The number of hydrogen-bond donors (Lipinski definition) is 1. The van der Waals surface area contributed by atoms with E-state index in [4.69, 9.17) is 22.7 Å². The minimum absolute atomic E-state index is 0.217. The van der Waals surface area contributed by atoms with Crippen molar-refractivity contribution in [3.63, 3.8) is 0 Å². The van der Waals surface area contributed by atoms with Crippen LogP contribution >= 0.6 is 12.2 Å². The van der Waals surface area contributed by atoms with Gasteiger partial charge in [-0.15, -0.1) is 0 Å². The van der Waals surface area contributed by atoms with E-state index in [-0.39, 0.29) is 5.60 Å². The summed E-state index contributed by atoms with van der Waals surface area (Å²) in [6.07, 6.45) is 9.41. The lowest BCUT2D eigenvalue weighted by Crippen LogP contribution is -2.43. The number of hydrogen-bond acceptors (Lipinski definition) is 3. The van der Waals surface area contributed by atoms with Crippen LogP contribution in [0.1, 0.15) is 58.8 Å². The van der Waals surface area contributed by atoms with Crippen LogP contribution in [0.5, 0.6) is 0 Å². The summed E-state index contributed by atoms with van der Waals surface area (Å²) in [4.78, 5) is 2.92. The number of nitrogens with zero attached hydrogens (tertiary/aromatic N) is 1. The molecule has 1 saturated carbocycles. The quantitative estimate of drug-likeness (QED) is 0.788. The SMILES string of the molecule is CC(C)N(CC(N)=S)CC1CCC2(CCCCC2)O1. The first-order valence-corrected chi connectivity index (χ1v) is 8.12. The molecule has 4 heteroatoms. The predicted octanol–water partition coefficient (Wildman–Crippen LogP) is 2.86. The molecule has 2 rings (SSSR count). The van der Waals surface area contributed by atoms with Gasteiger partial charge in [-0.3, -0.25) is 4.90 Å². The normalized spacial score (nSPS) is 26.4. The van der Waals surface area contributed by atoms with E-state index in [1.807, 2.05) is 0 Å². The van der Waals surface area contributed by atoms with Gasteiger partial charge >= 0.3 is 0 Å². The van der Waals surface area contributed by atoms with Crippen molar-refractivity contribution in [2.45, 2.75) is 76.5 Å². The minimum atomic E-state index is 0.217. The molecule has 1 saturated heterocycles. The molecule has 0 aromatic carbocycles. The largest absolute Gasteiger partial charge is 0.392 e. The third-order valence-corrected chi connectivity index (χ3v) is 4.76. The highest BCUT2D eigenvalue weighted by atomic mass is 32.1. The molecule has 0 amide bonds. The molecule has 1 atom stereocenters. The summed E-state index contributed by atoms with van der Waals surface area (Å²) in [6, 6.07) is 0.466. The molecule has 110 valence electrons. The number of nitrogens with two attached hydrogens (primary N) is 1. The molecule has 2 N–H and O–H groups in total. The van der Waals surface area contributed by atoms with Gasteiger partial charge in [0.2, 0.25) is 0 Å². The molecule has 1 aliphatic heterocycles. The molecular formula is C15H28N2OS. The Balaban J connectivity index is 1.87. The maximum absolute atomic E-state index is 6.43. The molecule has 19 heavy (non-hydrogen) atoms. The fourth-order valence-corrected chi connectivity index (χ4v) is 3.67. The van der Waals surface area contributed by atoms with Crippen LogP contribution in [-0.2, 0) is 4.74 Å². The Hall–Kier alpha value is -0.190. The van der Waals surface area contributed by atoms with E-state index >= 15 is 0 Å². The van der Waals surface area contributed by atoms with Crippen LogP contribution in [0.3, 0.4) is 0 Å². The van der Waals surface area contributed by atoms with E-state index in [9.17, 15) is 0 Å². The van der Waals surface area contributed by atoms with Gasteiger partial charge in [-0.25, -0.2) is 0 Å². The molecule has 2 fully saturated rings. The molecule has 0 radical (unpaired) electrons. The first kappa shape index (κ1) is 15.2. The number of rotatable bonds is 5. The highest BCUT2D eigenvalue weighted by molar-refractivity contribution is 7.80. The van der Waals surface area contributed by atoms with E-state index in [2.05, 4.69) is 18.7 Å². The first-order valence-electron chi connectivity index (χ1n) is 7.71. The second-order valence-corrected chi connectivity index (χ2v) is 7.04. The fourth-order valence-electron chi connectivity index (χ4n) is 3.51. The molecule has 3 nitrogen and oxygen atoms in total. The third kappa shape index (κ3) is 4.14. The zero-order valence-electron chi connectivity index (χ0n) is 12.4. The molecule has 0 aromatic heterocycles. The maximum atomic E-state index is 6.43. The Labute approximate surface area is 122 Å². The lowest BCUT2D eigenvalue weighted by Gasteiger charge is -2.35. The first-order chi connectivity index (χ1) is 9.01. The molecule has 2 aliphatic rings. The van der Waals surface area contributed by atoms with Gasteiger partial charge in [0.05, 0.1) is 16.7 Å². The van der Waals surface area contributed by atoms with Gasteiger partial charge in [-0.1, -0.05) is 31.5 Å². The highest BCUT2D eigenvalue weighted by Gasteiger charge is 2.41. The van der Waals surface area contributed by atoms with Crippen molar-refractivity contribution < 1.29 is 4.74 Å². The molecule has 1 unspecified atom stereocenters. The summed E-state index contributed by atoms with van der Waals surface area (Å²) in [6.45, 7) is 6.07. The summed E-state index contributed by atoms with van der Waals surface area (Å²) in [5, 5.41) is 0. The van der Waals surface area contributed by atoms with Gasteiger partial charge < -0.3 is 10.5 Å². The fraction of sp³-hybridized carbons (Fsp3) is 0.933. The van der Waals surface area contributed by atoms with Crippen molar-refractivity contribution in [1.82, 2.24) is 4.90 Å². The molecule has 0 bridgehead atoms. The van der Waals surface area contributed by atoms with Crippen LogP contribution in [0.2, 0.25) is 0 Å². The van der Waals surface area contributed by atoms with E-state index < -0.39 is 0 Å². The Morgan fingerprint density at radius 2 is 2.00 bits per heavy atom. The van der Waals surface area contributed by atoms with Crippen molar-refractivity contribution >= 4 is 17.2 Å². The van der Waals surface area contributed by atoms with E-state index in [0.29, 0.717) is 23.7 Å². The Morgan fingerprint density at radius 3 is 2.58 bits per heavy atom. The van der Waals surface area contributed by atoms with Crippen molar-refractivity contribution in [3.05, 3.63) is 0 Å². The number of thiocarbonyl (C=S) groups is 1. The summed E-state index contributed by atoms with van der Waals surface area (Å²) in [5.74, 6) is 0. The topological polar surface area (TPSA) is 38.5 Å². The monoisotopic (exact) mass is 284 g/mol. The second-order valence-electron chi connectivity index (χ2n) is 6.51. The van der Waals surface area contributed by atoms with Gasteiger partial charge in [0.15, 0.2) is 0 Å². The third-order valence-electron chi connectivity index (χ3n) is 4.63. The average Bonchev–Trinajstić information content (AvgIpc) is 2.71. The Bertz CT molecular complexity index is 313. The average molecular weight is 284 g/mol. The van der Waals surface area contributed by atoms with E-state index in [1.165, 1.54) is 44.9 Å². The molecular weight excluding hydrogens is 256 g/mol. The summed E-state index contributed by atoms with van der Waals surface area (Å²) in [7, 11) is 0. The van der Waals surface area contributed by atoms with E-state index in [0.717, 1.165) is 6.54 Å². The van der Waals surface area contributed by atoms with Gasteiger partial charge in [-0.05, 0) is 39.5 Å². The zero-order valence-corrected chi connectivity index (χ0v) is 13.2. The molecule has 1 heterocycles. The van der Waals surface area contributed by atoms with Crippen LogP contribution in [0.25, 0.3) is 0 Å². The maximum Gasteiger partial charge on any atom is 0.0870 e. The smallest absolute Gasteiger partial charge is 0.0870 e. The van der Waals surface area contributed by atoms with Crippen molar-refractivity contribution in [3.8, 4) is 0 Å². The lowest BCUT2D eigenvalue weighted by molar-refractivity contribution is -0.0726. The summed E-state index contributed by atoms with van der Waals surface area (Å²) < 4.78 is 6.43. The predicted molar refractivity (Wildman–Crippen MR) is 83.4 cm³/mol. The second kappa shape index (κ2) is 6.51. The molecule has 1 aliphatic carbocycles. The summed E-state index contributed by atoms with van der Waals surface area (Å²) in [5.41, 5.74) is 5.91. The van der Waals surface area contributed by atoms with Gasteiger partial charge in [0, 0.05) is 19.1 Å². The molecule has 1 spiro atoms. The number of ether oxygens (including phenoxy) is 1. The standard InChI is InChI=1S/C15H28N2OS/c1-12(2)17(11-14(16)19)10-13-6-9-15(18-13)7-4-3-5-8-15/h12-13H,3-11H2,1-2H3,(H2,16,19). The van der Waals surface area contributed by atoms with Gasteiger partial charge in [0.25, 0.3) is 0 Å². The molecule has 0 aromatic rings. The van der Waals surface area contributed by atoms with Crippen LogP contribution in [0, 0.1) is 0 Å². The van der Waals surface area contributed by atoms with Crippen LogP contribution in [-0.4, -0.2) is 40.7 Å². The van der Waals surface area contributed by atoms with Gasteiger partial charge in [-0.2, -0.15) is 0 Å². The van der Waals surface area contributed by atoms with Crippen LogP contribution in [0.4, 0.5) is 0 Å². The van der Waals surface area contributed by atoms with Crippen LogP contribution in [0.15, 0.2) is 0 Å². The van der Waals surface area contributed by atoms with Crippen molar-refractivity contribution in [2.75, 3.05) is 13.1 Å². The summed E-state index contributed by atoms with van der Waals surface area (Å²) >= 11 is 5.05. The minimum Gasteiger partial charge on any atom is -0.392 e. The Morgan fingerprint density at radius 1 is 1.32 bits per heavy atom. The van der Waals surface area contributed by atoms with Crippen molar-refractivity contribution in [1.29, 1.82) is 0 Å². The zero-order chi connectivity index (χ0) is 13.9. The van der Waals surface area contributed by atoms with Gasteiger partial charge in [0.1, 0.15) is 0 Å². The lowest BCUT2D eigenvalue weighted by atomic mass is 9.83. The van der Waals surface area contributed by atoms with Crippen LogP contribution < -0.4 is 5.73 Å². The van der Waals surface area contributed by atoms with E-state index in [1.54, 1.807) is 0 Å².